The summed E-state index contributed by atoms with van der Waals surface area (Å²) in [6, 6.07) is 0. The predicted octanol–water partition coefficient (Wildman–Crippen LogP) is 7.14. The van der Waals surface area contributed by atoms with E-state index in [1.807, 2.05) is 0 Å². The van der Waals surface area contributed by atoms with E-state index in [2.05, 4.69) is 54.5 Å². The highest BCUT2D eigenvalue weighted by molar-refractivity contribution is 5.33. The van der Waals surface area contributed by atoms with Gasteiger partial charge in [-0.1, -0.05) is 60.1 Å². The van der Waals surface area contributed by atoms with E-state index in [9.17, 15) is 10.2 Å². The summed E-state index contributed by atoms with van der Waals surface area (Å²) in [7, 11) is 0. The van der Waals surface area contributed by atoms with Crippen LogP contribution in [0, 0.1) is 50.2 Å². The molecule has 2 N–H and O–H groups in total. The second kappa shape index (κ2) is 6.87. The third-order valence-electron chi connectivity index (χ3n) is 13.1. The van der Waals surface area contributed by atoms with Crippen LogP contribution >= 0.6 is 0 Å². The first-order valence-corrected chi connectivity index (χ1v) is 13.8. The molecule has 0 heterocycles. The van der Waals surface area contributed by atoms with Crippen molar-refractivity contribution in [3.05, 3.63) is 11.6 Å². The Hall–Kier alpha value is -0.340. The van der Waals surface area contributed by atoms with Crippen LogP contribution in [0.4, 0.5) is 0 Å². The Kier molecular flexibility index (Phi) is 5.02. The van der Waals surface area contributed by atoms with Crippen LogP contribution < -0.4 is 0 Å². The van der Waals surface area contributed by atoms with Crippen LogP contribution in [-0.2, 0) is 0 Å². The van der Waals surface area contributed by atoms with E-state index in [-0.39, 0.29) is 22.3 Å². The van der Waals surface area contributed by atoms with Gasteiger partial charge in [-0.15, -0.1) is 0 Å². The van der Waals surface area contributed by atoms with Crippen molar-refractivity contribution in [2.45, 2.75) is 119 Å². The predicted molar refractivity (Wildman–Crippen MR) is 132 cm³/mol. The summed E-state index contributed by atoms with van der Waals surface area (Å²) in [5, 5.41) is 21.5. The summed E-state index contributed by atoms with van der Waals surface area (Å²) in [4.78, 5) is 0. The minimum absolute atomic E-state index is 0.0191. The molecule has 8 atom stereocenters. The van der Waals surface area contributed by atoms with Crippen LogP contribution in [-0.4, -0.2) is 22.9 Å². The van der Waals surface area contributed by atoms with Gasteiger partial charge < -0.3 is 10.2 Å². The maximum absolute atomic E-state index is 10.9. The van der Waals surface area contributed by atoms with Gasteiger partial charge >= 0.3 is 0 Å². The first-order valence-electron chi connectivity index (χ1n) is 13.8. The molecule has 0 saturated heterocycles. The smallest absolute Gasteiger partial charge is 0.0594 e. The topological polar surface area (TPSA) is 40.5 Å². The molecule has 182 valence electrons. The third kappa shape index (κ3) is 2.78. The first-order chi connectivity index (χ1) is 14.8. The van der Waals surface area contributed by atoms with Crippen molar-refractivity contribution < 1.29 is 10.2 Å². The summed E-state index contributed by atoms with van der Waals surface area (Å²) in [6.45, 7) is 17.8. The second-order valence-corrected chi connectivity index (χ2v) is 15.1. The molecule has 2 nitrogen and oxygen atoms in total. The van der Waals surface area contributed by atoms with E-state index in [0.717, 1.165) is 6.42 Å². The largest absolute Gasteiger partial charge is 0.396 e. The molecule has 0 radical (unpaired) electrons. The molecule has 5 aliphatic rings. The zero-order valence-corrected chi connectivity index (χ0v) is 22.1. The number of fused-ring (bicyclic) bond motifs is 7. The van der Waals surface area contributed by atoms with E-state index in [1.165, 1.54) is 57.8 Å². The van der Waals surface area contributed by atoms with Crippen molar-refractivity contribution in [2.24, 2.45) is 50.2 Å². The molecule has 0 amide bonds. The van der Waals surface area contributed by atoms with Crippen LogP contribution in [0.15, 0.2) is 11.6 Å². The Morgan fingerprint density at radius 1 is 0.844 bits per heavy atom. The van der Waals surface area contributed by atoms with Gasteiger partial charge in [0.2, 0.25) is 0 Å². The summed E-state index contributed by atoms with van der Waals surface area (Å²) in [6.07, 6.45) is 14.6. The Labute approximate surface area is 197 Å². The molecule has 0 spiro atoms. The average Bonchev–Trinajstić information content (AvgIpc) is 2.71. The van der Waals surface area contributed by atoms with Crippen LogP contribution in [0.3, 0.4) is 0 Å². The van der Waals surface area contributed by atoms with Gasteiger partial charge in [-0.25, -0.2) is 0 Å². The van der Waals surface area contributed by atoms with Gasteiger partial charge in [-0.2, -0.15) is 0 Å². The molecule has 0 aliphatic heterocycles. The summed E-state index contributed by atoms with van der Waals surface area (Å²) >= 11 is 0. The molecule has 0 bridgehead atoms. The van der Waals surface area contributed by atoms with Crippen LogP contribution in [0.25, 0.3) is 0 Å². The molecule has 0 aromatic heterocycles. The standard InChI is InChI=1S/C30H50O2/c1-25(2)14-16-30(19-31)17-15-28(6)20(21(30)18-25)8-9-23-27(5)12-11-24(32)26(3,4)22(27)10-13-29(23,28)7/h8,21-24,31-32H,9-19H2,1-7H3/t21-,22-,23+,24-,27-,28-,29-,30-/m0/s1. The van der Waals surface area contributed by atoms with Crippen molar-refractivity contribution in [2.75, 3.05) is 6.61 Å². The molecule has 5 rings (SSSR count). The first kappa shape index (κ1) is 23.4. The Bertz CT molecular complexity index is 810. The van der Waals surface area contributed by atoms with Gasteiger partial charge in [0.15, 0.2) is 0 Å². The molecule has 5 aliphatic carbocycles. The van der Waals surface area contributed by atoms with Gasteiger partial charge in [0.1, 0.15) is 0 Å². The maximum Gasteiger partial charge on any atom is 0.0594 e. The molecule has 0 unspecified atom stereocenters. The van der Waals surface area contributed by atoms with Gasteiger partial charge in [-0.3, -0.25) is 0 Å². The molecule has 4 saturated carbocycles. The van der Waals surface area contributed by atoms with Crippen molar-refractivity contribution in [1.29, 1.82) is 0 Å². The minimum atomic E-state index is -0.153. The molecular weight excluding hydrogens is 392 g/mol. The second-order valence-electron chi connectivity index (χ2n) is 15.1. The normalized spacial score (nSPS) is 53.8. The number of aliphatic hydroxyl groups excluding tert-OH is 2. The van der Waals surface area contributed by atoms with Crippen LogP contribution in [0.2, 0.25) is 0 Å². The molecule has 4 fully saturated rings. The number of hydrogen-bond acceptors (Lipinski definition) is 2. The zero-order chi connectivity index (χ0) is 23.4. The Balaban J connectivity index is 1.58. The van der Waals surface area contributed by atoms with Crippen molar-refractivity contribution in [1.82, 2.24) is 0 Å². The van der Waals surface area contributed by atoms with Gasteiger partial charge in [0.05, 0.1) is 6.10 Å². The summed E-state index contributed by atoms with van der Waals surface area (Å²) < 4.78 is 0. The fourth-order valence-electron chi connectivity index (χ4n) is 10.6. The monoisotopic (exact) mass is 442 g/mol. The fraction of sp³-hybridized carbons (Fsp3) is 0.933. The summed E-state index contributed by atoms with van der Waals surface area (Å²) in [5.41, 5.74) is 3.16. The van der Waals surface area contributed by atoms with Gasteiger partial charge in [0.25, 0.3) is 0 Å². The number of aliphatic hydroxyl groups is 2. The SMILES string of the molecule is CC1(C)CC[C@@]2(CO)CC[C@@]3(C)C(=CC[C@@H]4[C@@]5(C)CC[C@H](O)C(C)(C)[C@@H]5CC[C@@]43C)[C@@H]2C1. The average molecular weight is 443 g/mol. The highest BCUT2D eigenvalue weighted by Gasteiger charge is 2.68. The van der Waals surface area contributed by atoms with Crippen molar-refractivity contribution in [3.63, 3.8) is 0 Å². The van der Waals surface area contributed by atoms with Gasteiger partial charge in [0, 0.05) is 12.0 Å². The lowest BCUT2D eigenvalue weighted by atomic mass is 9.33. The van der Waals surface area contributed by atoms with Crippen molar-refractivity contribution in [3.8, 4) is 0 Å². The van der Waals surface area contributed by atoms with Crippen LogP contribution in [0.5, 0.6) is 0 Å². The van der Waals surface area contributed by atoms with E-state index in [4.69, 9.17) is 0 Å². The minimum Gasteiger partial charge on any atom is -0.396 e. The lowest BCUT2D eigenvalue weighted by Crippen LogP contribution is -2.64. The molecule has 0 aromatic rings. The maximum atomic E-state index is 10.9. The molecule has 0 aromatic carbocycles. The van der Waals surface area contributed by atoms with E-state index in [1.54, 1.807) is 5.57 Å². The highest BCUT2D eigenvalue weighted by Crippen LogP contribution is 2.75. The zero-order valence-electron chi connectivity index (χ0n) is 22.1. The number of rotatable bonds is 1. The number of hydrogen-bond donors (Lipinski definition) is 2. The fourth-order valence-corrected chi connectivity index (χ4v) is 10.6. The lowest BCUT2D eigenvalue weighted by molar-refractivity contribution is -0.204. The highest BCUT2D eigenvalue weighted by atomic mass is 16.3. The van der Waals surface area contributed by atoms with Crippen LogP contribution in [0.1, 0.15) is 113 Å². The summed E-state index contributed by atoms with van der Waals surface area (Å²) in [5.74, 6) is 1.87. The van der Waals surface area contributed by atoms with E-state index < -0.39 is 0 Å². The van der Waals surface area contributed by atoms with Gasteiger partial charge in [-0.05, 0) is 109 Å². The Morgan fingerprint density at radius 2 is 1.53 bits per heavy atom. The molecule has 2 heteroatoms. The van der Waals surface area contributed by atoms with E-state index >= 15 is 0 Å². The van der Waals surface area contributed by atoms with E-state index in [0.29, 0.717) is 40.6 Å². The third-order valence-corrected chi connectivity index (χ3v) is 13.1. The Morgan fingerprint density at radius 3 is 2.22 bits per heavy atom. The quantitative estimate of drug-likeness (QED) is 0.424. The lowest BCUT2D eigenvalue weighted by Gasteiger charge is -2.71. The molecular formula is C30H50O2. The number of allylic oxidation sites excluding steroid dienone is 2. The molecule has 32 heavy (non-hydrogen) atoms. The van der Waals surface area contributed by atoms with Crippen molar-refractivity contribution >= 4 is 0 Å².